The van der Waals surface area contributed by atoms with E-state index in [1.165, 1.54) is 18.7 Å². The molecule has 1 amide bonds. The first-order valence-electron chi connectivity index (χ1n) is 8.40. The lowest BCUT2D eigenvalue weighted by molar-refractivity contribution is 0.0703. The van der Waals surface area contributed by atoms with Gasteiger partial charge in [0, 0.05) is 31.5 Å². The maximum Gasteiger partial charge on any atom is 0.257 e. The summed E-state index contributed by atoms with van der Waals surface area (Å²) in [5, 5.41) is 14.6. The lowest BCUT2D eigenvalue weighted by atomic mass is 9.95. The first-order chi connectivity index (χ1) is 12.7. The van der Waals surface area contributed by atoms with Crippen molar-refractivity contribution >= 4 is 5.91 Å². The van der Waals surface area contributed by atoms with Crippen molar-refractivity contribution in [3.8, 4) is 11.5 Å². The first-order valence-corrected chi connectivity index (χ1v) is 8.40. The van der Waals surface area contributed by atoms with Crippen LogP contribution in [0.4, 0.5) is 0 Å². The van der Waals surface area contributed by atoms with E-state index in [1.54, 1.807) is 23.2 Å². The lowest BCUT2D eigenvalue weighted by Crippen LogP contribution is -2.40. The molecule has 1 aromatic heterocycles. The van der Waals surface area contributed by atoms with Gasteiger partial charge in [-0.15, -0.1) is 0 Å². The average Bonchev–Trinajstić information content (AvgIpc) is 3.21. The topological polar surface area (TPSA) is 67.6 Å². The second-order valence-electron chi connectivity index (χ2n) is 6.27. The van der Waals surface area contributed by atoms with Crippen LogP contribution in [0.25, 0.3) is 0 Å². The van der Waals surface area contributed by atoms with E-state index in [2.05, 4.69) is 11.2 Å². The molecule has 2 aromatic carbocycles. The number of carbonyl (C=O) groups excluding carboxylic acids is 1. The maximum atomic E-state index is 13.0. The number of rotatable bonds is 3. The molecular weight excluding hydrogens is 330 g/mol. The second kappa shape index (κ2) is 6.55. The summed E-state index contributed by atoms with van der Waals surface area (Å²) in [7, 11) is 1.52. The number of fused-ring (bicyclic) bond motifs is 1. The van der Waals surface area contributed by atoms with Gasteiger partial charge in [-0.05, 0) is 29.3 Å². The van der Waals surface area contributed by atoms with E-state index >= 15 is 0 Å². The standard InChI is InChI=1S/C20H19N3O3/c1-26-15-7-8-17(19(24)11-15)20(25)22-12-14-5-2-3-6-16(14)18(13-22)23-10-4-9-21-23/h2-11,18,24H,12-13H2,1H3/t18-/m0/s1. The highest BCUT2D eigenvalue weighted by Crippen LogP contribution is 2.32. The van der Waals surface area contributed by atoms with E-state index in [1.807, 2.05) is 35.1 Å². The molecule has 26 heavy (non-hydrogen) atoms. The molecule has 0 saturated carbocycles. The van der Waals surface area contributed by atoms with Crippen LogP contribution in [0.3, 0.4) is 0 Å². The molecular formula is C20H19N3O3. The summed E-state index contributed by atoms with van der Waals surface area (Å²) in [6.45, 7) is 0.987. The van der Waals surface area contributed by atoms with Crippen molar-refractivity contribution in [1.82, 2.24) is 14.7 Å². The predicted molar refractivity (Wildman–Crippen MR) is 96.2 cm³/mol. The summed E-state index contributed by atoms with van der Waals surface area (Å²) in [5.41, 5.74) is 2.52. The lowest BCUT2D eigenvalue weighted by Gasteiger charge is -2.35. The van der Waals surface area contributed by atoms with Crippen LogP contribution < -0.4 is 4.74 Å². The smallest absolute Gasteiger partial charge is 0.257 e. The van der Waals surface area contributed by atoms with Gasteiger partial charge in [-0.3, -0.25) is 9.48 Å². The maximum absolute atomic E-state index is 13.0. The third-order valence-corrected chi connectivity index (χ3v) is 4.74. The number of carbonyl (C=O) groups is 1. The van der Waals surface area contributed by atoms with Crippen LogP contribution in [0.1, 0.15) is 27.5 Å². The zero-order chi connectivity index (χ0) is 18.1. The summed E-state index contributed by atoms with van der Waals surface area (Å²) in [6, 6.07) is 14.6. The average molecular weight is 349 g/mol. The number of benzene rings is 2. The number of aromatic hydroxyl groups is 1. The Balaban J connectivity index is 1.69. The van der Waals surface area contributed by atoms with E-state index in [0.717, 1.165) is 5.56 Å². The van der Waals surface area contributed by atoms with Crippen LogP contribution in [0.5, 0.6) is 11.5 Å². The van der Waals surface area contributed by atoms with E-state index in [0.29, 0.717) is 18.8 Å². The van der Waals surface area contributed by atoms with Gasteiger partial charge in [0.25, 0.3) is 5.91 Å². The number of ether oxygens (including phenoxy) is 1. The van der Waals surface area contributed by atoms with Crippen LogP contribution in [0.2, 0.25) is 0 Å². The Hall–Kier alpha value is -3.28. The number of phenols is 1. The summed E-state index contributed by atoms with van der Waals surface area (Å²) in [5.74, 6) is 0.220. The first kappa shape index (κ1) is 16.2. The van der Waals surface area contributed by atoms with Crippen LogP contribution in [0.15, 0.2) is 60.9 Å². The SMILES string of the molecule is COc1ccc(C(=O)N2Cc3ccccc3[C@@H](n3cccn3)C2)c(O)c1. The molecule has 0 spiro atoms. The summed E-state index contributed by atoms with van der Waals surface area (Å²) >= 11 is 0. The molecule has 0 fully saturated rings. The van der Waals surface area contributed by atoms with E-state index < -0.39 is 0 Å². The molecule has 1 aliphatic heterocycles. The second-order valence-corrected chi connectivity index (χ2v) is 6.27. The molecule has 2 heterocycles. The van der Waals surface area contributed by atoms with Crippen molar-refractivity contribution in [1.29, 1.82) is 0 Å². The number of methoxy groups -OCH3 is 1. The zero-order valence-corrected chi connectivity index (χ0v) is 14.4. The Morgan fingerprint density at radius 3 is 2.81 bits per heavy atom. The molecule has 4 rings (SSSR count). The van der Waals surface area contributed by atoms with Crippen LogP contribution in [-0.2, 0) is 6.54 Å². The van der Waals surface area contributed by atoms with Crippen molar-refractivity contribution in [2.45, 2.75) is 12.6 Å². The van der Waals surface area contributed by atoms with Gasteiger partial charge in [0.2, 0.25) is 0 Å². The van der Waals surface area contributed by atoms with Crippen molar-refractivity contribution in [3.63, 3.8) is 0 Å². The third-order valence-electron chi connectivity index (χ3n) is 4.74. The number of phenolic OH excluding ortho intramolecular Hbond substituents is 1. The van der Waals surface area contributed by atoms with Crippen molar-refractivity contribution in [2.24, 2.45) is 0 Å². The van der Waals surface area contributed by atoms with Gasteiger partial charge in [-0.2, -0.15) is 5.10 Å². The minimum atomic E-state index is -0.211. The molecule has 1 N–H and O–H groups in total. The van der Waals surface area contributed by atoms with Crippen LogP contribution in [-0.4, -0.2) is 39.3 Å². The Bertz CT molecular complexity index is 937. The largest absolute Gasteiger partial charge is 0.507 e. The fourth-order valence-corrected chi connectivity index (χ4v) is 3.42. The quantitative estimate of drug-likeness (QED) is 0.789. The van der Waals surface area contributed by atoms with E-state index in [-0.39, 0.29) is 23.3 Å². The van der Waals surface area contributed by atoms with Gasteiger partial charge in [0.15, 0.2) is 0 Å². The van der Waals surface area contributed by atoms with Gasteiger partial charge in [-0.1, -0.05) is 24.3 Å². The molecule has 6 nitrogen and oxygen atoms in total. The molecule has 6 heteroatoms. The Kier molecular flexibility index (Phi) is 4.08. The van der Waals surface area contributed by atoms with Crippen molar-refractivity contribution in [3.05, 3.63) is 77.6 Å². The minimum absolute atomic E-state index is 0.0562. The normalized spacial score (nSPS) is 16.2. The third kappa shape index (κ3) is 2.79. The number of hydrogen-bond acceptors (Lipinski definition) is 4. The summed E-state index contributed by atoms with van der Waals surface area (Å²) < 4.78 is 6.96. The van der Waals surface area contributed by atoms with E-state index in [4.69, 9.17) is 4.74 Å². The van der Waals surface area contributed by atoms with Gasteiger partial charge >= 0.3 is 0 Å². The number of nitrogens with zero attached hydrogens (tertiary/aromatic N) is 3. The number of amides is 1. The number of aromatic nitrogens is 2. The Morgan fingerprint density at radius 2 is 2.08 bits per heavy atom. The minimum Gasteiger partial charge on any atom is -0.507 e. The fourth-order valence-electron chi connectivity index (χ4n) is 3.42. The highest BCUT2D eigenvalue weighted by Gasteiger charge is 2.30. The summed E-state index contributed by atoms with van der Waals surface area (Å²) in [4.78, 5) is 14.8. The Morgan fingerprint density at radius 1 is 1.23 bits per heavy atom. The molecule has 1 aliphatic rings. The van der Waals surface area contributed by atoms with Gasteiger partial charge in [0.1, 0.15) is 11.5 Å². The predicted octanol–water partition coefficient (Wildman–Crippen LogP) is 2.84. The highest BCUT2D eigenvalue weighted by molar-refractivity contribution is 5.97. The molecule has 1 atom stereocenters. The van der Waals surface area contributed by atoms with Gasteiger partial charge in [-0.25, -0.2) is 0 Å². The van der Waals surface area contributed by atoms with Crippen LogP contribution in [0, 0.1) is 0 Å². The molecule has 0 bridgehead atoms. The van der Waals surface area contributed by atoms with E-state index in [9.17, 15) is 9.90 Å². The number of hydrogen-bond donors (Lipinski definition) is 1. The van der Waals surface area contributed by atoms with Gasteiger partial charge in [0.05, 0.1) is 18.7 Å². The fraction of sp³-hybridized carbons (Fsp3) is 0.200. The highest BCUT2D eigenvalue weighted by atomic mass is 16.5. The molecule has 0 radical (unpaired) electrons. The Labute approximate surface area is 151 Å². The van der Waals surface area contributed by atoms with Crippen LogP contribution >= 0.6 is 0 Å². The molecule has 132 valence electrons. The van der Waals surface area contributed by atoms with Crippen molar-refractivity contribution < 1.29 is 14.6 Å². The van der Waals surface area contributed by atoms with Gasteiger partial charge < -0.3 is 14.7 Å². The molecule has 3 aromatic rings. The molecule has 0 unspecified atom stereocenters. The zero-order valence-electron chi connectivity index (χ0n) is 14.4. The molecule has 0 saturated heterocycles. The van der Waals surface area contributed by atoms with Crippen molar-refractivity contribution in [2.75, 3.05) is 13.7 Å². The summed E-state index contributed by atoms with van der Waals surface area (Å²) in [6.07, 6.45) is 3.64. The molecule has 0 aliphatic carbocycles. The monoisotopic (exact) mass is 349 g/mol.